The lowest BCUT2D eigenvalue weighted by Crippen LogP contribution is -2.50. The highest BCUT2D eigenvalue weighted by molar-refractivity contribution is 7.91. The number of carbonyl (C=O) groups is 1. The number of nitrogens with one attached hydrogen (secondary N) is 1. The lowest BCUT2D eigenvalue weighted by Gasteiger charge is -2.35. The summed E-state index contributed by atoms with van der Waals surface area (Å²) in [7, 11) is -3.47. The molecule has 1 saturated heterocycles. The van der Waals surface area contributed by atoms with Gasteiger partial charge in [0.2, 0.25) is 15.9 Å². The van der Waals surface area contributed by atoms with Gasteiger partial charge >= 0.3 is 0 Å². The van der Waals surface area contributed by atoms with Gasteiger partial charge in [0.15, 0.2) is 0 Å². The highest BCUT2D eigenvalue weighted by atomic mass is 32.2. The summed E-state index contributed by atoms with van der Waals surface area (Å²) in [6.07, 6.45) is 4.31. The van der Waals surface area contributed by atoms with Crippen molar-refractivity contribution in [1.29, 1.82) is 5.26 Å². The van der Waals surface area contributed by atoms with Gasteiger partial charge in [-0.3, -0.25) is 4.79 Å². The molecule has 2 aliphatic rings. The number of rotatable bonds is 4. The third-order valence-electron chi connectivity index (χ3n) is 4.94. The Balaban J connectivity index is 1.58. The van der Waals surface area contributed by atoms with Crippen molar-refractivity contribution in [3.63, 3.8) is 0 Å². The van der Waals surface area contributed by atoms with E-state index in [1.165, 1.54) is 11.3 Å². The lowest BCUT2D eigenvalue weighted by molar-refractivity contribution is -0.139. The van der Waals surface area contributed by atoms with Gasteiger partial charge in [0.25, 0.3) is 0 Å². The number of carbonyl (C=O) groups excluding carboxylic acids is 1. The van der Waals surface area contributed by atoms with Crippen molar-refractivity contribution in [2.75, 3.05) is 13.1 Å². The summed E-state index contributed by atoms with van der Waals surface area (Å²) in [5.41, 5.74) is -0.844. The molecule has 1 aromatic rings. The third kappa shape index (κ3) is 3.34. The molecule has 0 aromatic carbocycles. The fraction of sp³-hybridized carbons (Fsp3) is 0.625. The molecule has 0 radical (unpaired) electrons. The van der Waals surface area contributed by atoms with Crippen molar-refractivity contribution >= 4 is 27.3 Å². The van der Waals surface area contributed by atoms with Gasteiger partial charge in [0.05, 0.1) is 6.07 Å². The number of thiophene rings is 1. The van der Waals surface area contributed by atoms with Crippen LogP contribution in [0.15, 0.2) is 21.7 Å². The Kier molecular flexibility index (Phi) is 4.95. The van der Waals surface area contributed by atoms with Crippen LogP contribution in [0.4, 0.5) is 0 Å². The SMILES string of the molecule is N#CC1(C(=O)N2CCC(NS(=O)(=O)c3cccs3)CC2)CCCC1. The summed E-state index contributed by atoms with van der Waals surface area (Å²) < 4.78 is 27.6. The van der Waals surface area contributed by atoms with Crippen LogP contribution in [0.5, 0.6) is 0 Å². The van der Waals surface area contributed by atoms with Crippen molar-refractivity contribution < 1.29 is 13.2 Å². The molecule has 3 rings (SSSR count). The Morgan fingerprint density at radius 3 is 2.54 bits per heavy atom. The van der Waals surface area contributed by atoms with Crippen LogP contribution < -0.4 is 4.72 Å². The van der Waals surface area contributed by atoms with Gasteiger partial charge in [-0.15, -0.1) is 11.3 Å². The zero-order valence-electron chi connectivity index (χ0n) is 13.4. The molecule has 8 heteroatoms. The van der Waals surface area contributed by atoms with Crippen LogP contribution in [0, 0.1) is 16.7 Å². The van der Waals surface area contributed by atoms with Crippen LogP contribution in [-0.4, -0.2) is 38.4 Å². The predicted octanol–water partition coefficient (Wildman–Crippen LogP) is 2.10. The van der Waals surface area contributed by atoms with E-state index in [1.807, 2.05) is 0 Å². The van der Waals surface area contributed by atoms with Crippen molar-refractivity contribution in [2.24, 2.45) is 5.41 Å². The first-order valence-electron chi connectivity index (χ1n) is 8.23. The number of piperidine rings is 1. The maximum absolute atomic E-state index is 12.7. The van der Waals surface area contributed by atoms with E-state index in [1.54, 1.807) is 22.4 Å². The fourth-order valence-electron chi connectivity index (χ4n) is 3.55. The van der Waals surface area contributed by atoms with Crippen molar-refractivity contribution in [3.05, 3.63) is 17.5 Å². The van der Waals surface area contributed by atoms with E-state index in [0.29, 0.717) is 43.0 Å². The van der Waals surface area contributed by atoms with Crippen molar-refractivity contribution in [3.8, 4) is 6.07 Å². The van der Waals surface area contributed by atoms with E-state index >= 15 is 0 Å². The Hall–Kier alpha value is -1.43. The summed E-state index contributed by atoms with van der Waals surface area (Å²) in [4.78, 5) is 14.4. The van der Waals surface area contributed by atoms with Gasteiger partial charge in [0.1, 0.15) is 9.62 Å². The summed E-state index contributed by atoms with van der Waals surface area (Å²) in [6.45, 7) is 1.000. The van der Waals surface area contributed by atoms with E-state index in [4.69, 9.17) is 0 Å². The smallest absolute Gasteiger partial charge is 0.250 e. The van der Waals surface area contributed by atoms with E-state index in [0.717, 1.165) is 12.8 Å². The van der Waals surface area contributed by atoms with Crippen molar-refractivity contribution in [2.45, 2.75) is 48.8 Å². The van der Waals surface area contributed by atoms with Crippen LogP contribution in [0.25, 0.3) is 0 Å². The molecular formula is C16H21N3O3S2. The lowest BCUT2D eigenvalue weighted by atomic mass is 9.85. The Bertz CT molecular complexity index is 723. The molecule has 2 fully saturated rings. The second-order valence-electron chi connectivity index (χ2n) is 6.52. The first-order chi connectivity index (χ1) is 11.5. The number of nitrogens with zero attached hydrogens (tertiary/aromatic N) is 2. The second kappa shape index (κ2) is 6.82. The maximum atomic E-state index is 12.7. The maximum Gasteiger partial charge on any atom is 0.250 e. The fourth-order valence-corrected chi connectivity index (χ4v) is 5.86. The minimum atomic E-state index is -3.47. The quantitative estimate of drug-likeness (QED) is 0.882. The van der Waals surface area contributed by atoms with Gasteiger partial charge in [0, 0.05) is 19.1 Å². The molecule has 1 aliphatic heterocycles. The predicted molar refractivity (Wildman–Crippen MR) is 90.8 cm³/mol. The average Bonchev–Trinajstić information content (AvgIpc) is 3.27. The van der Waals surface area contributed by atoms with Crippen LogP contribution in [0.1, 0.15) is 38.5 Å². The number of hydrogen-bond donors (Lipinski definition) is 1. The molecule has 0 bridgehead atoms. The molecule has 130 valence electrons. The molecule has 6 nitrogen and oxygen atoms in total. The van der Waals surface area contributed by atoms with E-state index in [-0.39, 0.29) is 11.9 Å². The summed E-state index contributed by atoms with van der Waals surface area (Å²) in [5.74, 6) is -0.0675. The number of sulfonamides is 1. The van der Waals surface area contributed by atoms with Crippen LogP contribution in [0.2, 0.25) is 0 Å². The van der Waals surface area contributed by atoms with Crippen LogP contribution in [-0.2, 0) is 14.8 Å². The highest BCUT2D eigenvalue weighted by Gasteiger charge is 2.44. The number of amides is 1. The normalized spacial score (nSPS) is 21.5. The standard InChI is InChI=1S/C16H21N3O3S2/c17-12-16(7-1-2-8-16)15(20)19-9-5-13(6-10-19)18-24(21,22)14-4-3-11-23-14/h3-4,11,13,18H,1-2,5-10H2. The minimum absolute atomic E-state index is 0.0675. The van der Waals surface area contributed by atoms with Gasteiger partial charge in [-0.2, -0.15) is 5.26 Å². The molecule has 0 atom stereocenters. The van der Waals surface area contributed by atoms with Gasteiger partial charge in [-0.25, -0.2) is 13.1 Å². The molecule has 0 spiro atoms. The highest BCUT2D eigenvalue weighted by Crippen LogP contribution is 2.39. The van der Waals surface area contributed by atoms with E-state index < -0.39 is 15.4 Å². The summed E-state index contributed by atoms with van der Waals surface area (Å²) in [5, 5.41) is 11.2. The summed E-state index contributed by atoms with van der Waals surface area (Å²) in [6, 6.07) is 5.37. The van der Waals surface area contributed by atoms with Crippen molar-refractivity contribution in [1.82, 2.24) is 9.62 Å². The zero-order valence-corrected chi connectivity index (χ0v) is 15.0. The molecule has 1 aromatic heterocycles. The molecule has 0 unspecified atom stereocenters. The van der Waals surface area contributed by atoms with Gasteiger partial charge in [-0.05, 0) is 37.1 Å². The Labute approximate surface area is 146 Å². The van der Waals surface area contributed by atoms with Gasteiger partial charge < -0.3 is 4.90 Å². The number of nitriles is 1. The number of likely N-dealkylation sites (tertiary alicyclic amines) is 1. The molecule has 1 amide bonds. The summed E-state index contributed by atoms with van der Waals surface area (Å²) >= 11 is 1.19. The zero-order chi connectivity index (χ0) is 17.2. The molecule has 2 heterocycles. The van der Waals surface area contributed by atoms with E-state index in [2.05, 4.69) is 10.8 Å². The molecule has 24 heavy (non-hydrogen) atoms. The Morgan fingerprint density at radius 2 is 2.00 bits per heavy atom. The first-order valence-corrected chi connectivity index (χ1v) is 10.6. The molecule has 1 aliphatic carbocycles. The molecule has 1 N–H and O–H groups in total. The molecule has 1 saturated carbocycles. The van der Waals surface area contributed by atoms with E-state index in [9.17, 15) is 18.5 Å². The monoisotopic (exact) mass is 367 g/mol. The largest absolute Gasteiger partial charge is 0.341 e. The van der Waals surface area contributed by atoms with Gasteiger partial charge in [-0.1, -0.05) is 18.9 Å². The minimum Gasteiger partial charge on any atom is -0.341 e. The number of hydrogen-bond acceptors (Lipinski definition) is 5. The first kappa shape index (κ1) is 17.4. The molecular weight excluding hydrogens is 346 g/mol. The average molecular weight is 367 g/mol. The topological polar surface area (TPSA) is 90.3 Å². The van der Waals surface area contributed by atoms with Crippen LogP contribution >= 0.6 is 11.3 Å². The third-order valence-corrected chi connectivity index (χ3v) is 7.86. The second-order valence-corrected chi connectivity index (χ2v) is 9.41. The Morgan fingerprint density at radius 1 is 1.33 bits per heavy atom. The van der Waals surface area contributed by atoms with Crippen LogP contribution in [0.3, 0.4) is 0 Å².